The van der Waals surface area contributed by atoms with Crippen molar-refractivity contribution in [1.82, 2.24) is 0 Å². The molecule has 0 atom stereocenters. The monoisotopic (exact) mass is 488 g/mol. The molecule has 2 aliphatic carbocycles. The third kappa shape index (κ3) is 4.37. The minimum absolute atomic E-state index is 0.653. The minimum atomic E-state index is -2.32. The normalized spacial score (nSPS) is 15.4. The molecule has 2 radical (unpaired) electrons. The first-order valence-electron chi connectivity index (χ1n) is 13.6. The number of fused-ring (bicyclic) bond motifs is 2. The maximum atomic E-state index is 2.61. The number of allylic oxidation sites excluding steroid dienone is 2. The molecule has 0 nitrogen and oxygen atoms in total. The van der Waals surface area contributed by atoms with Crippen LogP contribution in [0.25, 0.3) is 10.4 Å². The molecule has 184 valence electrons. The number of rotatable bonds is 7. The van der Waals surface area contributed by atoms with Gasteiger partial charge < -0.3 is 0 Å². The van der Waals surface area contributed by atoms with E-state index in [4.69, 9.17) is 0 Å². The Kier molecular flexibility index (Phi) is 6.72. The number of hydrogen-bond donors (Lipinski definition) is 0. The molecule has 36 heavy (non-hydrogen) atoms. The van der Waals surface area contributed by atoms with Crippen molar-refractivity contribution in [2.24, 2.45) is 11.8 Å². The van der Waals surface area contributed by atoms with Crippen LogP contribution in [0.15, 0.2) is 77.9 Å². The summed E-state index contributed by atoms with van der Waals surface area (Å²) in [5, 5.41) is 4.69. The molecular formula is C35H40Si. The van der Waals surface area contributed by atoms with Crippen LogP contribution in [0.4, 0.5) is 0 Å². The van der Waals surface area contributed by atoms with E-state index < -0.39 is 8.07 Å². The first-order valence-corrected chi connectivity index (χ1v) is 16.1. The van der Waals surface area contributed by atoms with Crippen molar-refractivity contribution in [3.8, 4) is 0 Å². The molecule has 0 N–H and O–H groups in total. The van der Waals surface area contributed by atoms with Gasteiger partial charge in [0, 0.05) is 12.8 Å². The van der Waals surface area contributed by atoms with E-state index in [1.54, 1.807) is 10.4 Å². The standard InChI is InChI=1S/C35H40Si/c1-23(2)17-27-13-15-29-19-25(5)34(32(29)21-27)36(7,31-11-9-8-10-12-31)35-26(6)20-30-16-14-28(18-24(3)4)22-33(30)35/h8-16,19-24H,17-18H2,1-7H3. The SMILES string of the molecule is CC1=C([Si](C)(C2=C(C)[CH]c3ccc(CC(C)C)cc32)c2ccccc2)c2cc(CC(C)C)ccc2[CH]1. The average molecular weight is 489 g/mol. The lowest BCUT2D eigenvalue weighted by molar-refractivity contribution is 0.647. The van der Waals surface area contributed by atoms with Crippen LogP contribution in [-0.4, -0.2) is 8.07 Å². The van der Waals surface area contributed by atoms with Crippen molar-refractivity contribution in [2.75, 3.05) is 0 Å². The summed E-state index contributed by atoms with van der Waals surface area (Å²) in [6.45, 7) is 16.6. The Labute approximate surface area is 220 Å². The third-order valence-corrected chi connectivity index (χ3v) is 12.8. The van der Waals surface area contributed by atoms with E-state index in [1.807, 2.05) is 0 Å². The maximum absolute atomic E-state index is 2.61. The molecular weight excluding hydrogens is 448 g/mol. The molecule has 0 unspecified atom stereocenters. The van der Waals surface area contributed by atoms with Crippen molar-refractivity contribution >= 4 is 23.7 Å². The second kappa shape index (κ2) is 9.67. The quantitative estimate of drug-likeness (QED) is 0.292. The van der Waals surface area contributed by atoms with E-state index in [9.17, 15) is 0 Å². The fraction of sp³-hybridized carbons (Fsp3) is 0.314. The Balaban J connectivity index is 1.74. The van der Waals surface area contributed by atoms with Crippen LogP contribution in [0.5, 0.6) is 0 Å². The third-order valence-electron chi connectivity index (χ3n) is 7.95. The van der Waals surface area contributed by atoms with Gasteiger partial charge in [0.1, 0.15) is 8.07 Å². The molecule has 0 amide bonds. The average Bonchev–Trinajstić information content (AvgIpc) is 3.33. The van der Waals surface area contributed by atoms with Gasteiger partial charge in [0.25, 0.3) is 0 Å². The lowest BCUT2D eigenvalue weighted by Gasteiger charge is -2.35. The highest BCUT2D eigenvalue weighted by Crippen LogP contribution is 2.49. The molecule has 0 fully saturated rings. The predicted molar refractivity (Wildman–Crippen MR) is 160 cm³/mol. The zero-order chi connectivity index (χ0) is 25.6. The summed E-state index contributed by atoms with van der Waals surface area (Å²) in [6.07, 6.45) is 7.12. The molecule has 0 saturated carbocycles. The molecule has 1 heteroatoms. The molecule has 3 aromatic rings. The van der Waals surface area contributed by atoms with E-state index in [0.717, 1.165) is 12.8 Å². The van der Waals surface area contributed by atoms with Gasteiger partial charge in [0.05, 0.1) is 0 Å². The summed E-state index contributed by atoms with van der Waals surface area (Å²) >= 11 is 0. The van der Waals surface area contributed by atoms with Gasteiger partial charge in [-0.15, -0.1) is 0 Å². The summed E-state index contributed by atoms with van der Waals surface area (Å²) in [5.41, 5.74) is 11.5. The first-order chi connectivity index (χ1) is 17.2. The maximum Gasteiger partial charge on any atom is 0.146 e. The van der Waals surface area contributed by atoms with Gasteiger partial charge in [-0.3, -0.25) is 0 Å². The van der Waals surface area contributed by atoms with E-state index in [1.165, 1.54) is 49.7 Å². The van der Waals surface area contributed by atoms with Crippen LogP contribution in [0.1, 0.15) is 74.9 Å². The second-order valence-electron chi connectivity index (χ2n) is 11.9. The van der Waals surface area contributed by atoms with E-state index >= 15 is 0 Å². The van der Waals surface area contributed by atoms with Crippen molar-refractivity contribution in [3.63, 3.8) is 0 Å². The molecule has 0 aromatic heterocycles. The Morgan fingerprint density at radius 2 is 1.06 bits per heavy atom. The Bertz CT molecular complexity index is 1270. The van der Waals surface area contributed by atoms with Crippen molar-refractivity contribution in [3.05, 3.63) is 124 Å². The van der Waals surface area contributed by atoms with Gasteiger partial charge in [0.2, 0.25) is 0 Å². The lowest BCUT2D eigenvalue weighted by atomic mass is 9.99. The van der Waals surface area contributed by atoms with Crippen LogP contribution in [0.3, 0.4) is 0 Å². The summed E-state index contributed by atoms with van der Waals surface area (Å²) in [5.74, 6) is 1.31. The summed E-state index contributed by atoms with van der Waals surface area (Å²) in [4.78, 5) is 0. The Morgan fingerprint density at radius 1 is 0.611 bits per heavy atom. The van der Waals surface area contributed by atoms with Gasteiger partial charge in [-0.2, -0.15) is 0 Å². The van der Waals surface area contributed by atoms with Crippen LogP contribution >= 0.6 is 0 Å². The number of hydrogen-bond acceptors (Lipinski definition) is 0. The molecule has 3 aromatic carbocycles. The lowest BCUT2D eigenvalue weighted by Crippen LogP contribution is -2.48. The van der Waals surface area contributed by atoms with E-state index in [2.05, 4.69) is 128 Å². The molecule has 0 heterocycles. The summed E-state index contributed by atoms with van der Waals surface area (Å²) in [6, 6.07) is 25.8. The smallest absolute Gasteiger partial charge is 0.0642 e. The summed E-state index contributed by atoms with van der Waals surface area (Å²) < 4.78 is 0. The molecule has 2 aliphatic rings. The van der Waals surface area contributed by atoms with Gasteiger partial charge >= 0.3 is 0 Å². The minimum Gasteiger partial charge on any atom is -0.0642 e. The molecule has 0 spiro atoms. The predicted octanol–water partition coefficient (Wildman–Crippen LogP) is 8.53. The first kappa shape index (κ1) is 25.0. The number of benzene rings is 3. The van der Waals surface area contributed by atoms with Crippen LogP contribution in [0, 0.1) is 24.7 Å². The van der Waals surface area contributed by atoms with Gasteiger partial charge in [-0.25, -0.2) is 0 Å². The largest absolute Gasteiger partial charge is 0.146 e. The van der Waals surface area contributed by atoms with Crippen LogP contribution < -0.4 is 5.19 Å². The van der Waals surface area contributed by atoms with E-state index in [-0.39, 0.29) is 0 Å². The summed E-state index contributed by atoms with van der Waals surface area (Å²) in [7, 11) is -2.32. The fourth-order valence-corrected chi connectivity index (χ4v) is 11.6. The highest BCUT2D eigenvalue weighted by Gasteiger charge is 2.45. The van der Waals surface area contributed by atoms with E-state index in [0.29, 0.717) is 11.8 Å². The Hall–Kier alpha value is -2.64. The van der Waals surface area contributed by atoms with Gasteiger partial charge in [-0.05, 0) is 87.5 Å². The van der Waals surface area contributed by atoms with Crippen molar-refractivity contribution in [1.29, 1.82) is 0 Å². The van der Waals surface area contributed by atoms with Gasteiger partial charge in [0.15, 0.2) is 0 Å². The topological polar surface area (TPSA) is 0 Å². The van der Waals surface area contributed by atoms with Gasteiger partial charge in [-0.1, -0.05) is 112 Å². The zero-order valence-corrected chi connectivity index (χ0v) is 24.1. The zero-order valence-electron chi connectivity index (χ0n) is 23.1. The van der Waals surface area contributed by atoms with Crippen molar-refractivity contribution in [2.45, 2.75) is 60.9 Å². The molecule has 0 bridgehead atoms. The molecule has 0 saturated heterocycles. The van der Waals surface area contributed by atoms with Crippen LogP contribution in [-0.2, 0) is 12.8 Å². The fourth-order valence-electron chi connectivity index (χ4n) is 6.64. The highest BCUT2D eigenvalue weighted by atomic mass is 28.3. The molecule has 5 rings (SSSR count). The van der Waals surface area contributed by atoms with Crippen LogP contribution in [0.2, 0.25) is 6.55 Å². The van der Waals surface area contributed by atoms with Crippen molar-refractivity contribution < 1.29 is 0 Å². The second-order valence-corrected chi connectivity index (χ2v) is 15.8. The molecule has 0 aliphatic heterocycles. The highest BCUT2D eigenvalue weighted by molar-refractivity contribution is 7.18. The Morgan fingerprint density at radius 3 is 1.47 bits per heavy atom.